The Labute approximate surface area is 196 Å². The lowest BCUT2D eigenvalue weighted by Gasteiger charge is -2.36. The Morgan fingerprint density at radius 2 is 1.71 bits per heavy atom. The van der Waals surface area contributed by atoms with Gasteiger partial charge in [-0.15, -0.1) is 0 Å². The van der Waals surface area contributed by atoms with E-state index in [1.54, 1.807) is 23.4 Å². The summed E-state index contributed by atoms with van der Waals surface area (Å²) in [5.41, 5.74) is 1.78. The predicted octanol–water partition coefficient (Wildman–Crippen LogP) is 3.04. The molecule has 0 unspecified atom stereocenters. The maximum atomic E-state index is 12.3. The Balaban J connectivity index is 1.46. The van der Waals surface area contributed by atoms with Gasteiger partial charge in [0.1, 0.15) is 17.1 Å². The Bertz CT molecular complexity index is 1220. The number of aromatic amines is 1. The van der Waals surface area contributed by atoms with Gasteiger partial charge in [-0.3, -0.25) is 4.79 Å². The average molecular weight is 466 g/mol. The largest absolute Gasteiger partial charge is 0.463 e. The van der Waals surface area contributed by atoms with Crippen molar-refractivity contribution in [2.24, 2.45) is 0 Å². The van der Waals surface area contributed by atoms with E-state index >= 15 is 0 Å². The van der Waals surface area contributed by atoms with Crippen LogP contribution in [0.5, 0.6) is 0 Å². The zero-order valence-electron chi connectivity index (χ0n) is 19.6. The van der Waals surface area contributed by atoms with Crippen LogP contribution in [0, 0.1) is 0 Å². The third kappa shape index (κ3) is 4.85. The molecule has 34 heavy (non-hydrogen) atoms. The van der Waals surface area contributed by atoms with Crippen molar-refractivity contribution in [2.75, 3.05) is 38.2 Å². The number of esters is 1. The number of hydrogen-bond donors (Lipinski definition) is 1. The van der Waals surface area contributed by atoms with Crippen LogP contribution in [0.4, 0.5) is 10.6 Å². The lowest BCUT2D eigenvalue weighted by Crippen LogP contribution is -2.50. The van der Waals surface area contributed by atoms with E-state index in [4.69, 9.17) is 4.74 Å². The number of pyridine rings is 2. The number of methoxy groups -OCH3 is 1. The summed E-state index contributed by atoms with van der Waals surface area (Å²) in [5, 5.41) is 0.537. The molecule has 0 aliphatic carbocycles. The number of ketones is 1. The lowest BCUT2D eigenvalue weighted by molar-refractivity contribution is -0.135. The first kappa shape index (κ1) is 23.2. The monoisotopic (exact) mass is 465 g/mol. The molecule has 0 bridgehead atoms. The van der Waals surface area contributed by atoms with Gasteiger partial charge in [-0.25, -0.2) is 19.6 Å². The van der Waals surface area contributed by atoms with E-state index in [1.165, 1.54) is 13.3 Å². The summed E-state index contributed by atoms with van der Waals surface area (Å²) < 4.78 is 9.99. The topological polar surface area (TPSA) is 118 Å². The standard InChI is InChI=1S/C24H27N5O5/c1-24(2,3)34-23(32)29-9-7-28(8-10-29)19-6-5-15(12-25-19)16-11-17-18(20(30)22(31)33-4)14-27-21(17)26-13-16/h5-6,11-14H,7-10H2,1-4H3,(H,26,27). The number of H-pyrrole nitrogens is 1. The zero-order valence-corrected chi connectivity index (χ0v) is 19.6. The minimum atomic E-state index is -0.927. The molecule has 0 spiro atoms. The normalized spacial score (nSPS) is 14.2. The second kappa shape index (κ2) is 9.12. The molecule has 3 aromatic heterocycles. The molecular formula is C24H27N5O5. The second-order valence-electron chi connectivity index (χ2n) is 9.00. The zero-order chi connectivity index (χ0) is 24.5. The fraction of sp³-hybridized carbons (Fsp3) is 0.375. The van der Waals surface area contributed by atoms with Crippen LogP contribution < -0.4 is 4.90 Å². The molecule has 0 atom stereocenters. The number of fused-ring (bicyclic) bond motifs is 1. The first-order chi connectivity index (χ1) is 16.2. The SMILES string of the molecule is COC(=O)C(=O)c1c[nH]c2ncc(-c3ccc(N4CCN(C(=O)OC(C)(C)C)CC4)nc3)cc12. The number of anilines is 1. The van der Waals surface area contributed by atoms with Crippen molar-refractivity contribution >= 4 is 34.7 Å². The highest BCUT2D eigenvalue weighted by molar-refractivity contribution is 6.42. The third-order valence-electron chi connectivity index (χ3n) is 5.48. The van der Waals surface area contributed by atoms with Crippen molar-refractivity contribution in [3.05, 3.63) is 42.4 Å². The smallest absolute Gasteiger partial charge is 0.410 e. The van der Waals surface area contributed by atoms with Gasteiger partial charge in [0.15, 0.2) is 0 Å². The van der Waals surface area contributed by atoms with Gasteiger partial charge in [0, 0.05) is 61.3 Å². The quantitative estimate of drug-likeness (QED) is 0.355. The molecule has 0 saturated carbocycles. The highest BCUT2D eigenvalue weighted by atomic mass is 16.6. The van der Waals surface area contributed by atoms with E-state index in [-0.39, 0.29) is 11.7 Å². The van der Waals surface area contributed by atoms with E-state index in [9.17, 15) is 14.4 Å². The number of carbonyl (C=O) groups excluding carboxylic acids is 3. The number of ether oxygens (including phenoxy) is 2. The number of Topliss-reactive ketones (excluding diaryl/α,β-unsaturated/α-hetero) is 1. The number of piperazine rings is 1. The molecule has 1 saturated heterocycles. The molecule has 178 valence electrons. The first-order valence-corrected chi connectivity index (χ1v) is 11.0. The summed E-state index contributed by atoms with van der Waals surface area (Å²) in [6.45, 7) is 7.99. The van der Waals surface area contributed by atoms with Gasteiger partial charge in [-0.2, -0.15) is 0 Å². The predicted molar refractivity (Wildman–Crippen MR) is 126 cm³/mol. The summed E-state index contributed by atoms with van der Waals surface area (Å²) in [6.07, 6.45) is 4.58. The van der Waals surface area contributed by atoms with Gasteiger partial charge >= 0.3 is 12.1 Å². The van der Waals surface area contributed by atoms with E-state index in [1.807, 2.05) is 32.9 Å². The van der Waals surface area contributed by atoms with E-state index < -0.39 is 17.4 Å². The fourth-order valence-electron chi connectivity index (χ4n) is 3.74. The maximum absolute atomic E-state index is 12.3. The molecule has 10 heteroatoms. The Kier molecular flexibility index (Phi) is 6.23. The van der Waals surface area contributed by atoms with Gasteiger partial charge in [0.25, 0.3) is 5.78 Å². The van der Waals surface area contributed by atoms with Crippen molar-refractivity contribution in [2.45, 2.75) is 26.4 Å². The van der Waals surface area contributed by atoms with E-state index in [0.717, 1.165) is 16.9 Å². The summed E-state index contributed by atoms with van der Waals surface area (Å²) in [7, 11) is 1.17. The molecule has 1 aliphatic rings. The molecule has 1 N–H and O–H groups in total. The average Bonchev–Trinajstić information content (AvgIpc) is 3.25. The summed E-state index contributed by atoms with van der Waals surface area (Å²) in [4.78, 5) is 51.9. The fourth-order valence-corrected chi connectivity index (χ4v) is 3.74. The highest BCUT2D eigenvalue weighted by Gasteiger charge is 2.26. The summed E-state index contributed by atoms with van der Waals surface area (Å²) in [6, 6.07) is 5.64. The van der Waals surface area contributed by atoms with Crippen LogP contribution in [-0.2, 0) is 14.3 Å². The van der Waals surface area contributed by atoms with Crippen molar-refractivity contribution < 1.29 is 23.9 Å². The minimum Gasteiger partial charge on any atom is -0.463 e. The minimum absolute atomic E-state index is 0.212. The molecule has 1 amide bonds. The van der Waals surface area contributed by atoms with Crippen molar-refractivity contribution in [1.29, 1.82) is 0 Å². The number of nitrogens with one attached hydrogen (secondary N) is 1. The lowest BCUT2D eigenvalue weighted by atomic mass is 10.1. The number of hydrogen-bond acceptors (Lipinski definition) is 8. The first-order valence-electron chi connectivity index (χ1n) is 11.0. The van der Waals surface area contributed by atoms with Gasteiger partial charge in [-0.1, -0.05) is 0 Å². The maximum Gasteiger partial charge on any atom is 0.410 e. The Hall–Kier alpha value is -3.95. The number of rotatable bonds is 4. The van der Waals surface area contributed by atoms with Crippen LogP contribution >= 0.6 is 0 Å². The van der Waals surface area contributed by atoms with E-state index in [0.29, 0.717) is 37.2 Å². The molecule has 0 radical (unpaired) electrons. The van der Waals surface area contributed by atoms with Crippen molar-refractivity contribution in [1.82, 2.24) is 19.9 Å². The van der Waals surface area contributed by atoms with Crippen LogP contribution in [-0.4, -0.2) is 76.6 Å². The van der Waals surface area contributed by atoms with Crippen LogP contribution in [0.2, 0.25) is 0 Å². The van der Waals surface area contributed by atoms with Crippen LogP contribution in [0.1, 0.15) is 31.1 Å². The van der Waals surface area contributed by atoms with Crippen LogP contribution in [0.15, 0.2) is 36.8 Å². The molecule has 1 aliphatic heterocycles. The summed E-state index contributed by atoms with van der Waals surface area (Å²) in [5.74, 6) is -0.847. The Morgan fingerprint density at radius 3 is 2.32 bits per heavy atom. The number of amides is 1. The number of nitrogens with zero attached hydrogens (tertiary/aromatic N) is 4. The highest BCUT2D eigenvalue weighted by Crippen LogP contribution is 2.26. The number of aromatic nitrogens is 3. The van der Waals surface area contributed by atoms with Crippen LogP contribution in [0.3, 0.4) is 0 Å². The molecule has 1 fully saturated rings. The molecule has 3 aromatic rings. The second-order valence-corrected chi connectivity index (χ2v) is 9.00. The van der Waals surface area contributed by atoms with E-state index in [2.05, 4.69) is 24.6 Å². The third-order valence-corrected chi connectivity index (χ3v) is 5.48. The molecule has 4 heterocycles. The van der Waals surface area contributed by atoms with Crippen molar-refractivity contribution in [3.8, 4) is 11.1 Å². The molecule has 4 rings (SSSR count). The number of carbonyl (C=O) groups is 3. The van der Waals surface area contributed by atoms with Gasteiger partial charge in [0.05, 0.1) is 12.7 Å². The van der Waals surface area contributed by atoms with Crippen molar-refractivity contribution in [3.63, 3.8) is 0 Å². The van der Waals surface area contributed by atoms with Gasteiger partial charge in [-0.05, 0) is 39.0 Å². The van der Waals surface area contributed by atoms with Gasteiger partial charge in [0.2, 0.25) is 0 Å². The molecule has 10 nitrogen and oxygen atoms in total. The molecular weight excluding hydrogens is 438 g/mol. The Morgan fingerprint density at radius 1 is 1.00 bits per heavy atom. The molecule has 0 aromatic carbocycles. The van der Waals surface area contributed by atoms with Crippen LogP contribution in [0.25, 0.3) is 22.2 Å². The van der Waals surface area contributed by atoms with Gasteiger partial charge < -0.3 is 24.3 Å². The summed E-state index contributed by atoms with van der Waals surface area (Å²) >= 11 is 0.